The predicted molar refractivity (Wildman–Crippen MR) is 43.5 cm³/mol. The summed E-state index contributed by atoms with van der Waals surface area (Å²) in [6, 6.07) is 1.80. The van der Waals surface area contributed by atoms with Gasteiger partial charge in [0.15, 0.2) is 17.5 Å². The molecule has 1 nitrogen and oxygen atoms in total. The van der Waals surface area contributed by atoms with Crippen LogP contribution in [0.2, 0.25) is 0 Å². The first kappa shape index (κ1) is 10.1. The van der Waals surface area contributed by atoms with Crippen LogP contribution in [0.4, 0.5) is 13.2 Å². The van der Waals surface area contributed by atoms with Gasteiger partial charge in [0.2, 0.25) is 0 Å². The van der Waals surface area contributed by atoms with Gasteiger partial charge < -0.3 is 5.73 Å². The summed E-state index contributed by atoms with van der Waals surface area (Å²) in [5.74, 6) is -3.89. The lowest BCUT2D eigenvalue weighted by atomic mass is 9.95. The molecule has 0 heterocycles. The topological polar surface area (TPSA) is 26.0 Å². The fraction of sp³-hybridized carbons (Fsp3) is 0.333. The molecule has 0 bridgehead atoms. The molecule has 4 heteroatoms. The van der Waals surface area contributed by atoms with Crippen molar-refractivity contribution in [2.24, 2.45) is 5.73 Å². The predicted octanol–water partition coefficient (Wildman–Crippen LogP) is 2.30. The highest BCUT2D eigenvalue weighted by Crippen LogP contribution is 2.21. The number of hydrogen-bond donors (Lipinski definition) is 1. The minimum atomic E-state index is -1.46. The van der Waals surface area contributed by atoms with Gasteiger partial charge in [-0.05, 0) is 31.5 Å². The standard InChI is InChI=1S/C9H10F3N/c1-9(2,13)5-3-6(10)8(12)7(11)4-5/h3-4H,13H2,1-2H3. The number of rotatable bonds is 1. The largest absolute Gasteiger partial charge is 0.322 e. The minimum absolute atomic E-state index is 0.226. The molecule has 0 aromatic heterocycles. The van der Waals surface area contributed by atoms with Crippen molar-refractivity contribution < 1.29 is 13.2 Å². The Kier molecular flexibility index (Phi) is 2.34. The first-order valence-electron chi connectivity index (χ1n) is 3.76. The van der Waals surface area contributed by atoms with E-state index < -0.39 is 23.0 Å². The van der Waals surface area contributed by atoms with Crippen molar-refractivity contribution in [1.29, 1.82) is 0 Å². The maximum absolute atomic E-state index is 12.7. The summed E-state index contributed by atoms with van der Waals surface area (Å²) < 4.78 is 37.9. The molecule has 0 atom stereocenters. The van der Waals surface area contributed by atoms with Gasteiger partial charge in [-0.1, -0.05) is 0 Å². The van der Waals surface area contributed by atoms with Crippen LogP contribution in [0.5, 0.6) is 0 Å². The van der Waals surface area contributed by atoms with E-state index >= 15 is 0 Å². The zero-order valence-corrected chi connectivity index (χ0v) is 7.37. The van der Waals surface area contributed by atoms with Gasteiger partial charge >= 0.3 is 0 Å². The number of halogens is 3. The average molecular weight is 189 g/mol. The van der Waals surface area contributed by atoms with E-state index in [1.54, 1.807) is 13.8 Å². The molecule has 0 aliphatic rings. The molecule has 72 valence electrons. The number of nitrogens with two attached hydrogens (primary N) is 1. The third-order valence-corrected chi connectivity index (χ3v) is 1.73. The zero-order chi connectivity index (χ0) is 10.2. The van der Waals surface area contributed by atoms with Crippen LogP contribution < -0.4 is 5.73 Å². The van der Waals surface area contributed by atoms with Crippen LogP contribution in [0.3, 0.4) is 0 Å². The van der Waals surface area contributed by atoms with E-state index in [0.29, 0.717) is 0 Å². The Hall–Kier alpha value is -1.03. The summed E-state index contributed by atoms with van der Waals surface area (Å²) >= 11 is 0. The highest BCUT2D eigenvalue weighted by molar-refractivity contribution is 5.25. The molecular formula is C9H10F3N. The van der Waals surface area contributed by atoms with Gasteiger partial charge in [0.05, 0.1) is 0 Å². The highest BCUT2D eigenvalue weighted by Gasteiger charge is 2.19. The molecule has 0 radical (unpaired) electrons. The van der Waals surface area contributed by atoms with Crippen molar-refractivity contribution in [2.45, 2.75) is 19.4 Å². The first-order valence-corrected chi connectivity index (χ1v) is 3.76. The second-order valence-corrected chi connectivity index (χ2v) is 3.48. The van der Waals surface area contributed by atoms with Crippen molar-refractivity contribution >= 4 is 0 Å². The van der Waals surface area contributed by atoms with Crippen LogP contribution in [0.1, 0.15) is 19.4 Å². The van der Waals surface area contributed by atoms with Gasteiger partial charge in [0.1, 0.15) is 0 Å². The van der Waals surface area contributed by atoms with E-state index in [-0.39, 0.29) is 5.56 Å². The van der Waals surface area contributed by atoms with Crippen molar-refractivity contribution in [3.05, 3.63) is 35.1 Å². The molecule has 1 rings (SSSR count). The van der Waals surface area contributed by atoms with E-state index in [1.807, 2.05) is 0 Å². The maximum Gasteiger partial charge on any atom is 0.194 e. The second-order valence-electron chi connectivity index (χ2n) is 3.48. The molecule has 13 heavy (non-hydrogen) atoms. The monoisotopic (exact) mass is 189 g/mol. The van der Waals surface area contributed by atoms with Gasteiger partial charge in [0.25, 0.3) is 0 Å². The lowest BCUT2D eigenvalue weighted by Gasteiger charge is -2.19. The van der Waals surface area contributed by atoms with Gasteiger partial charge in [-0.25, -0.2) is 13.2 Å². The Labute approximate surface area is 74.4 Å². The Morgan fingerprint density at radius 3 is 1.77 bits per heavy atom. The molecule has 0 saturated carbocycles. The molecule has 0 unspecified atom stereocenters. The van der Waals surface area contributed by atoms with Crippen LogP contribution in [-0.4, -0.2) is 0 Å². The smallest absolute Gasteiger partial charge is 0.194 e. The van der Waals surface area contributed by atoms with E-state index in [9.17, 15) is 13.2 Å². The quantitative estimate of drug-likeness (QED) is 0.674. The number of hydrogen-bond acceptors (Lipinski definition) is 1. The van der Waals surface area contributed by atoms with Gasteiger partial charge in [0, 0.05) is 5.54 Å². The molecule has 1 aromatic carbocycles. The van der Waals surface area contributed by atoms with Crippen LogP contribution >= 0.6 is 0 Å². The van der Waals surface area contributed by atoms with E-state index in [0.717, 1.165) is 12.1 Å². The minimum Gasteiger partial charge on any atom is -0.322 e. The van der Waals surface area contributed by atoms with Gasteiger partial charge in [-0.15, -0.1) is 0 Å². The maximum atomic E-state index is 12.7. The zero-order valence-electron chi connectivity index (χ0n) is 7.37. The van der Waals surface area contributed by atoms with Crippen molar-refractivity contribution in [3.63, 3.8) is 0 Å². The summed E-state index contributed by atoms with van der Waals surface area (Å²) in [7, 11) is 0. The van der Waals surface area contributed by atoms with E-state index in [1.165, 1.54) is 0 Å². The third-order valence-electron chi connectivity index (χ3n) is 1.73. The second kappa shape index (κ2) is 3.03. The molecular weight excluding hydrogens is 179 g/mol. The van der Waals surface area contributed by atoms with Gasteiger partial charge in [-0.3, -0.25) is 0 Å². The summed E-state index contributed by atoms with van der Waals surface area (Å²) in [4.78, 5) is 0. The Balaban J connectivity index is 3.29. The van der Waals surface area contributed by atoms with Crippen LogP contribution in [-0.2, 0) is 5.54 Å². The molecule has 2 N–H and O–H groups in total. The Morgan fingerprint density at radius 2 is 1.46 bits per heavy atom. The van der Waals surface area contributed by atoms with Crippen LogP contribution in [0.25, 0.3) is 0 Å². The fourth-order valence-electron chi connectivity index (χ4n) is 0.928. The first-order chi connectivity index (χ1) is 5.82. The van der Waals surface area contributed by atoms with Gasteiger partial charge in [-0.2, -0.15) is 0 Å². The molecule has 0 aliphatic carbocycles. The highest BCUT2D eigenvalue weighted by atomic mass is 19.2. The Morgan fingerprint density at radius 1 is 1.08 bits per heavy atom. The van der Waals surface area contributed by atoms with Crippen LogP contribution in [0, 0.1) is 17.5 Å². The van der Waals surface area contributed by atoms with Crippen molar-refractivity contribution in [3.8, 4) is 0 Å². The summed E-state index contributed by atoms with van der Waals surface area (Å²) in [5.41, 5.74) is 4.94. The van der Waals surface area contributed by atoms with Crippen LogP contribution in [0.15, 0.2) is 12.1 Å². The summed E-state index contributed by atoms with van der Waals surface area (Å²) in [6.45, 7) is 3.16. The average Bonchev–Trinajstić information content (AvgIpc) is 1.97. The Bertz CT molecular complexity index is 305. The van der Waals surface area contributed by atoms with Crippen molar-refractivity contribution in [1.82, 2.24) is 0 Å². The van der Waals surface area contributed by atoms with E-state index in [4.69, 9.17) is 5.73 Å². The fourth-order valence-corrected chi connectivity index (χ4v) is 0.928. The normalized spacial score (nSPS) is 11.8. The number of benzene rings is 1. The molecule has 0 amide bonds. The lowest BCUT2D eigenvalue weighted by Crippen LogP contribution is -2.29. The van der Waals surface area contributed by atoms with Crippen molar-refractivity contribution in [2.75, 3.05) is 0 Å². The lowest BCUT2D eigenvalue weighted by molar-refractivity contribution is 0.437. The molecule has 0 saturated heterocycles. The summed E-state index contributed by atoms with van der Waals surface area (Å²) in [6.07, 6.45) is 0. The van der Waals surface area contributed by atoms with E-state index in [2.05, 4.69) is 0 Å². The summed E-state index contributed by atoms with van der Waals surface area (Å²) in [5, 5.41) is 0. The third kappa shape index (κ3) is 2.01. The SMILES string of the molecule is CC(C)(N)c1cc(F)c(F)c(F)c1. The molecule has 1 aromatic rings. The molecule has 0 fully saturated rings. The molecule has 0 spiro atoms. The molecule has 0 aliphatic heterocycles.